The van der Waals surface area contributed by atoms with Crippen molar-refractivity contribution in [2.75, 3.05) is 0 Å². The molecule has 0 amide bonds. The van der Waals surface area contributed by atoms with Gasteiger partial charge in [-0.15, -0.1) is 11.3 Å². The largest absolute Gasteiger partial charge is 0.320 e. The van der Waals surface area contributed by atoms with Crippen molar-refractivity contribution in [2.45, 2.75) is 6.04 Å². The van der Waals surface area contributed by atoms with Crippen molar-refractivity contribution >= 4 is 50.5 Å². The average molecular weight is 355 g/mol. The third-order valence-corrected chi connectivity index (χ3v) is 4.87. The van der Waals surface area contributed by atoms with E-state index < -0.39 is 11.9 Å². The predicted molar refractivity (Wildman–Crippen MR) is 74.5 cm³/mol. The van der Waals surface area contributed by atoms with Crippen LogP contribution in [0.3, 0.4) is 0 Å². The third-order valence-electron chi connectivity index (χ3n) is 2.30. The van der Waals surface area contributed by atoms with Gasteiger partial charge in [-0.2, -0.15) is 0 Å². The lowest BCUT2D eigenvalue weighted by Gasteiger charge is -2.12. The second-order valence-electron chi connectivity index (χ2n) is 3.38. The van der Waals surface area contributed by atoms with Crippen molar-refractivity contribution in [1.82, 2.24) is 0 Å². The van der Waals surface area contributed by atoms with E-state index in [4.69, 9.17) is 28.9 Å². The van der Waals surface area contributed by atoms with Gasteiger partial charge in [0.2, 0.25) is 0 Å². The number of halogens is 4. The molecule has 0 spiro atoms. The maximum atomic E-state index is 13.9. The Balaban J connectivity index is 2.44. The van der Waals surface area contributed by atoms with E-state index in [2.05, 4.69) is 15.9 Å². The summed E-state index contributed by atoms with van der Waals surface area (Å²) in [6.45, 7) is 0. The Bertz CT molecular complexity index is 558. The second kappa shape index (κ2) is 5.24. The molecule has 0 radical (unpaired) electrons. The van der Waals surface area contributed by atoms with Gasteiger partial charge in [-0.05, 0) is 34.1 Å². The molecule has 1 aromatic carbocycles. The zero-order valence-electron chi connectivity index (χ0n) is 8.38. The summed E-state index contributed by atoms with van der Waals surface area (Å²) in [6, 6.07) is 6.25. The summed E-state index contributed by atoms with van der Waals surface area (Å²) in [7, 11) is 0. The molecule has 1 nitrogen and oxygen atoms in total. The first-order valence-corrected chi connectivity index (χ1v) is 7.01. The van der Waals surface area contributed by atoms with E-state index in [1.54, 1.807) is 24.3 Å². The van der Waals surface area contributed by atoms with Crippen molar-refractivity contribution in [3.05, 3.63) is 54.4 Å². The van der Waals surface area contributed by atoms with E-state index in [1.807, 2.05) is 0 Å². The average Bonchev–Trinajstić information content (AvgIpc) is 2.72. The van der Waals surface area contributed by atoms with Crippen LogP contribution in [-0.2, 0) is 0 Å². The number of hydrogen-bond donors (Lipinski definition) is 1. The molecule has 2 rings (SSSR count). The van der Waals surface area contributed by atoms with Crippen molar-refractivity contribution in [3.8, 4) is 0 Å². The van der Waals surface area contributed by atoms with Gasteiger partial charge in [-0.25, -0.2) is 4.39 Å². The van der Waals surface area contributed by atoms with Gasteiger partial charge in [-0.3, -0.25) is 0 Å². The van der Waals surface area contributed by atoms with E-state index in [9.17, 15) is 4.39 Å². The molecule has 2 aromatic rings. The third kappa shape index (κ3) is 2.66. The van der Waals surface area contributed by atoms with Crippen LogP contribution < -0.4 is 5.73 Å². The topological polar surface area (TPSA) is 26.0 Å². The molecule has 0 bridgehead atoms. The predicted octanol–water partition coefficient (Wildman–Crippen LogP) is 5.00. The van der Waals surface area contributed by atoms with Crippen LogP contribution in [0, 0.1) is 5.82 Å². The number of rotatable bonds is 2. The summed E-state index contributed by atoms with van der Waals surface area (Å²) >= 11 is 16.1. The summed E-state index contributed by atoms with van der Waals surface area (Å²) in [6.07, 6.45) is 0. The minimum absolute atomic E-state index is 0.0422. The van der Waals surface area contributed by atoms with Crippen LogP contribution in [0.1, 0.15) is 16.5 Å². The van der Waals surface area contributed by atoms with Gasteiger partial charge >= 0.3 is 0 Å². The number of hydrogen-bond acceptors (Lipinski definition) is 2. The van der Waals surface area contributed by atoms with E-state index in [0.717, 1.165) is 4.88 Å². The molecular formula is C11H7BrCl2FNS. The Morgan fingerprint density at radius 1 is 1.24 bits per heavy atom. The first-order chi connectivity index (χ1) is 8.00. The van der Waals surface area contributed by atoms with Gasteiger partial charge in [0, 0.05) is 14.9 Å². The first-order valence-electron chi connectivity index (χ1n) is 4.65. The van der Waals surface area contributed by atoms with Gasteiger partial charge in [0.1, 0.15) is 5.82 Å². The van der Waals surface area contributed by atoms with E-state index in [1.165, 1.54) is 11.3 Å². The standard InChI is InChI=1S/C11H7BrCl2FNS/c12-6-2-1-5(10(15)9(6)14)11(16)7-3-4-8(13)17-7/h1-4,11H,16H2. The van der Waals surface area contributed by atoms with Crippen molar-refractivity contribution in [1.29, 1.82) is 0 Å². The highest BCUT2D eigenvalue weighted by atomic mass is 79.9. The van der Waals surface area contributed by atoms with Gasteiger partial charge in [0.05, 0.1) is 15.4 Å². The molecule has 1 aromatic heterocycles. The zero-order chi connectivity index (χ0) is 12.6. The molecule has 6 heteroatoms. The molecule has 17 heavy (non-hydrogen) atoms. The maximum absolute atomic E-state index is 13.9. The van der Waals surface area contributed by atoms with Crippen LogP contribution in [0.4, 0.5) is 4.39 Å². The van der Waals surface area contributed by atoms with Gasteiger partial charge in [0.25, 0.3) is 0 Å². The van der Waals surface area contributed by atoms with Crippen molar-refractivity contribution in [2.24, 2.45) is 5.73 Å². The van der Waals surface area contributed by atoms with E-state index in [-0.39, 0.29) is 5.02 Å². The second-order valence-corrected chi connectivity index (χ2v) is 6.36. The Hall–Kier alpha value is -0.130. The highest BCUT2D eigenvalue weighted by Crippen LogP contribution is 2.34. The molecule has 0 aliphatic heterocycles. The fraction of sp³-hybridized carbons (Fsp3) is 0.0909. The molecule has 1 atom stereocenters. The molecule has 2 N–H and O–H groups in total. The molecule has 0 aliphatic rings. The molecule has 1 unspecified atom stereocenters. The van der Waals surface area contributed by atoms with Gasteiger partial charge in [-0.1, -0.05) is 29.3 Å². The number of thiophene rings is 1. The summed E-state index contributed by atoms with van der Waals surface area (Å²) in [5.74, 6) is -0.502. The van der Waals surface area contributed by atoms with Crippen LogP contribution >= 0.6 is 50.5 Å². The molecule has 1 heterocycles. The smallest absolute Gasteiger partial charge is 0.148 e. The SMILES string of the molecule is NC(c1ccc(Cl)s1)c1ccc(Br)c(Cl)c1F. The van der Waals surface area contributed by atoms with E-state index >= 15 is 0 Å². The van der Waals surface area contributed by atoms with Crippen molar-refractivity contribution in [3.63, 3.8) is 0 Å². The Kier molecular flexibility index (Phi) is 4.10. The lowest BCUT2D eigenvalue weighted by molar-refractivity contribution is 0.600. The monoisotopic (exact) mass is 353 g/mol. The minimum Gasteiger partial charge on any atom is -0.320 e. The molecule has 0 saturated carbocycles. The summed E-state index contributed by atoms with van der Waals surface area (Å²) in [4.78, 5) is 0.798. The number of nitrogens with two attached hydrogens (primary N) is 1. The van der Waals surface area contributed by atoms with Crippen LogP contribution in [0.5, 0.6) is 0 Å². The molecule has 0 fully saturated rings. The zero-order valence-corrected chi connectivity index (χ0v) is 12.3. The van der Waals surface area contributed by atoms with Crippen LogP contribution in [-0.4, -0.2) is 0 Å². The molecule has 90 valence electrons. The van der Waals surface area contributed by atoms with Crippen LogP contribution in [0.25, 0.3) is 0 Å². The highest BCUT2D eigenvalue weighted by Gasteiger charge is 2.18. The molecule has 0 aliphatic carbocycles. The first kappa shape index (κ1) is 13.3. The fourth-order valence-corrected chi connectivity index (χ4v) is 2.99. The van der Waals surface area contributed by atoms with Gasteiger partial charge < -0.3 is 5.73 Å². The van der Waals surface area contributed by atoms with Crippen molar-refractivity contribution < 1.29 is 4.39 Å². The summed E-state index contributed by atoms with van der Waals surface area (Å²) < 4.78 is 15.1. The summed E-state index contributed by atoms with van der Waals surface area (Å²) in [5, 5.41) is 0.0422. The van der Waals surface area contributed by atoms with Crippen LogP contribution in [0.15, 0.2) is 28.7 Å². The Morgan fingerprint density at radius 2 is 1.94 bits per heavy atom. The molecule has 0 saturated heterocycles. The lowest BCUT2D eigenvalue weighted by atomic mass is 10.1. The maximum Gasteiger partial charge on any atom is 0.148 e. The minimum atomic E-state index is -0.557. The lowest BCUT2D eigenvalue weighted by Crippen LogP contribution is -2.12. The molecular weight excluding hydrogens is 348 g/mol. The summed E-state index contributed by atoms with van der Waals surface area (Å²) in [5.41, 5.74) is 6.35. The van der Waals surface area contributed by atoms with Gasteiger partial charge in [0.15, 0.2) is 0 Å². The fourth-order valence-electron chi connectivity index (χ4n) is 1.43. The van der Waals surface area contributed by atoms with Crippen LogP contribution in [0.2, 0.25) is 9.36 Å². The quantitative estimate of drug-likeness (QED) is 0.754. The Morgan fingerprint density at radius 3 is 2.53 bits per heavy atom. The normalized spacial score (nSPS) is 12.8. The highest BCUT2D eigenvalue weighted by molar-refractivity contribution is 9.10. The number of benzene rings is 1. The van der Waals surface area contributed by atoms with E-state index in [0.29, 0.717) is 14.4 Å². The Labute approximate surface area is 120 Å².